The van der Waals surface area contributed by atoms with Crippen LogP contribution in [-0.4, -0.2) is 15.2 Å². The van der Waals surface area contributed by atoms with E-state index in [9.17, 15) is 8.78 Å². The molecule has 20 heavy (non-hydrogen) atoms. The number of nitrogens with two attached hydrogens (primary N) is 1. The first-order valence-corrected chi connectivity index (χ1v) is 5.87. The molecule has 4 nitrogen and oxygen atoms in total. The minimum atomic E-state index is -0.450. The normalized spacial score (nSPS) is 10.7. The van der Waals surface area contributed by atoms with Gasteiger partial charge < -0.3 is 5.73 Å². The van der Waals surface area contributed by atoms with Gasteiger partial charge in [0.15, 0.2) is 5.82 Å². The van der Waals surface area contributed by atoms with E-state index in [2.05, 4.69) is 15.2 Å². The third-order valence-corrected chi connectivity index (χ3v) is 2.92. The number of pyridine rings is 1. The minimum absolute atomic E-state index is 0.163. The summed E-state index contributed by atoms with van der Waals surface area (Å²) in [5.41, 5.74) is 7.43. The Morgan fingerprint density at radius 1 is 1.05 bits per heavy atom. The molecule has 0 bridgehead atoms. The number of anilines is 1. The molecule has 100 valence electrons. The van der Waals surface area contributed by atoms with Gasteiger partial charge in [-0.2, -0.15) is 5.10 Å². The summed E-state index contributed by atoms with van der Waals surface area (Å²) in [6.45, 7) is 0. The van der Waals surface area contributed by atoms with Crippen LogP contribution in [0.15, 0.2) is 42.6 Å². The fourth-order valence-corrected chi connectivity index (χ4v) is 2.00. The summed E-state index contributed by atoms with van der Waals surface area (Å²) in [6.07, 6.45) is 1.08. The molecule has 3 N–H and O–H groups in total. The third-order valence-electron chi connectivity index (χ3n) is 2.92. The molecule has 0 aliphatic carbocycles. The molecule has 2 aromatic heterocycles. The molecular weight excluding hydrogens is 262 g/mol. The molecule has 0 saturated heterocycles. The topological polar surface area (TPSA) is 67.6 Å². The Labute approximate surface area is 113 Å². The molecule has 0 saturated carbocycles. The molecular formula is C14H10F2N4. The number of nitrogens with zero attached hydrogens (tertiary/aromatic N) is 2. The van der Waals surface area contributed by atoms with Crippen LogP contribution in [0.4, 0.5) is 14.6 Å². The van der Waals surface area contributed by atoms with Gasteiger partial charge in [-0.15, -0.1) is 0 Å². The molecule has 1 aromatic carbocycles. The number of hydrogen-bond donors (Lipinski definition) is 2. The summed E-state index contributed by atoms with van der Waals surface area (Å²) in [4.78, 5) is 3.95. The zero-order chi connectivity index (χ0) is 14.1. The molecule has 3 rings (SSSR count). The Hall–Kier alpha value is -2.76. The lowest BCUT2D eigenvalue weighted by atomic mass is 10.0. The second-order valence-electron chi connectivity index (χ2n) is 4.20. The number of nitrogen functional groups attached to an aromatic ring is 1. The minimum Gasteiger partial charge on any atom is -0.382 e. The summed E-state index contributed by atoms with van der Waals surface area (Å²) in [5, 5.41) is 6.59. The molecule has 0 atom stereocenters. The molecule has 0 aliphatic heterocycles. The standard InChI is InChI=1S/C14H10F2N4/c15-8-5-6-11(18-7-8)13-12(14(17)20-19-13)9-3-1-2-4-10(9)16/h1-7H,(H3,17,19,20). The monoisotopic (exact) mass is 272 g/mol. The van der Waals surface area contributed by atoms with E-state index in [0.29, 0.717) is 22.5 Å². The predicted molar refractivity (Wildman–Crippen MR) is 71.6 cm³/mol. The SMILES string of the molecule is Nc1n[nH]c(-c2ccc(F)cn2)c1-c1ccccc1F. The van der Waals surface area contributed by atoms with Gasteiger partial charge in [-0.25, -0.2) is 8.78 Å². The quantitative estimate of drug-likeness (QED) is 0.753. The number of aromatic amines is 1. The Balaban J connectivity index is 2.20. The van der Waals surface area contributed by atoms with Crippen molar-refractivity contribution in [3.8, 4) is 22.5 Å². The average molecular weight is 272 g/mol. The van der Waals surface area contributed by atoms with E-state index in [1.54, 1.807) is 18.2 Å². The van der Waals surface area contributed by atoms with E-state index in [1.165, 1.54) is 18.2 Å². The van der Waals surface area contributed by atoms with Crippen molar-refractivity contribution in [2.45, 2.75) is 0 Å². The van der Waals surface area contributed by atoms with Crippen LogP contribution in [0.25, 0.3) is 22.5 Å². The highest BCUT2D eigenvalue weighted by atomic mass is 19.1. The van der Waals surface area contributed by atoms with Gasteiger partial charge in [-0.1, -0.05) is 18.2 Å². The van der Waals surface area contributed by atoms with Crippen molar-refractivity contribution in [3.05, 3.63) is 54.2 Å². The van der Waals surface area contributed by atoms with Gasteiger partial charge in [0.1, 0.15) is 11.6 Å². The molecule has 0 spiro atoms. The Morgan fingerprint density at radius 2 is 1.85 bits per heavy atom. The molecule has 6 heteroatoms. The van der Waals surface area contributed by atoms with Crippen LogP contribution < -0.4 is 5.73 Å². The number of nitrogens with one attached hydrogen (secondary N) is 1. The molecule has 0 fully saturated rings. The van der Waals surface area contributed by atoms with Crippen LogP contribution in [-0.2, 0) is 0 Å². The van der Waals surface area contributed by atoms with E-state index in [-0.39, 0.29) is 5.82 Å². The van der Waals surface area contributed by atoms with E-state index in [1.807, 2.05) is 0 Å². The molecule has 0 aliphatic rings. The summed E-state index contributed by atoms with van der Waals surface area (Å²) in [5.74, 6) is -0.700. The first kappa shape index (κ1) is 12.3. The van der Waals surface area contributed by atoms with Crippen LogP contribution in [0.3, 0.4) is 0 Å². The van der Waals surface area contributed by atoms with E-state index in [4.69, 9.17) is 5.73 Å². The van der Waals surface area contributed by atoms with E-state index in [0.717, 1.165) is 6.20 Å². The van der Waals surface area contributed by atoms with Crippen LogP contribution in [0.5, 0.6) is 0 Å². The summed E-state index contributed by atoms with van der Waals surface area (Å²) < 4.78 is 26.8. The van der Waals surface area contributed by atoms with Crippen LogP contribution in [0.2, 0.25) is 0 Å². The fourth-order valence-electron chi connectivity index (χ4n) is 2.00. The average Bonchev–Trinajstić information content (AvgIpc) is 2.82. The van der Waals surface area contributed by atoms with Crippen molar-refractivity contribution in [3.63, 3.8) is 0 Å². The lowest BCUT2D eigenvalue weighted by Crippen LogP contribution is -1.92. The van der Waals surface area contributed by atoms with Gasteiger partial charge in [0.25, 0.3) is 0 Å². The first-order chi connectivity index (χ1) is 9.66. The van der Waals surface area contributed by atoms with E-state index < -0.39 is 11.6 Å². The number of H-pyrrole nitrogens is 1. The van der Waals surface area contributed by atoms with Crippen molar-refractivity contribution in [1.82, 2.24) is 15.2 Å². The third kappa shape index (κ3) is 2.01. The highest BCUT2D eigenvalue weighted by Crippen LogP contribution is 2.35. The van der Waals surface area contributed by atoms with Crippen LogP contribution in [0, 0.1) is 11.6 Å². The largest absolute Gasteiger partial charge is 0.382 e. The number of rotatable bonds is 2. The number of halogens is 2. The van der Waals surface area contributed by atoms with Gasteiger partial charge in [0, 0.05) is 5.56 Å². The lowest BCUT2D eigenvalue weighted by Gasteiger charge is -2.05. The molecule has 2 heterocycles. The van der Waals surface area contributed by atoms with E-state index >= 15 is 0 Å². The Bertz CT molecular complexity index is 750. The van der Waals surface area contributed by atoms with Gasteiger partial charge in [0.05, 0.1) is 23.1 Å². The smallest absolute Gasteiger partial charge is 0.153 e. The van der Waals surface area contributed by atoms with Gasteiger partial charge >= 0.3 is 0 Å². The summed E-state index contributed by atoms with van der Waals surface area (Å²) in [6, 6.07) is 8.97. The maximum absolute atomic E-state index is 13.9. The number of hydrogen-bond acceptors (Lipinski definition) is 3. The molecule has 0 radical (unpaired) electrons. The zero-order valence-electron chi connectivity index (χ0n) is 10.3. The van der Waals surface area contributed by atoms with Crippen molar-refractivity contribution in [2.75, 3.05) is 5.73 Å². The van der Waals surface area contributed by atoms with Gasteiger partial charge in [0.2, 0.25) is 0 Å². The number of benzene rings is 1. The Morgan fingerprint density at radius 3 is 2.55 bits per heavy atom. The van der Waals surface area contributed by atoms with Crippen molar-refractivity contribution in [1.29, 1.82) is 0 Å². The van der Waals surface area contributed by atoms with Gasteiger partial charge in [-0.05, 0) is 18.2 Å². The lowest BCUT2D eigenvalue weighted by molar-refractivity contribution is 0.621. The highest BCUT2D eigenvalue weighted by Gasteiger charge is 2.18. The Kier molecular flexibility index (Phi) is 2.90. The summed E-state index contributed by atoms with van der Waals surface area (Å²) >= 11 is 0. The molecule has 0 unspecified atom stereocenters. The second-order valence-corrected chi connectivity index (χ2v) is 4.20. The maximum atomic E-state index is 13.9. The van der Waals surface area contributed by atoms with Gasteiger partial charge in [-0.3, -0.25) is 10.1 Å². The first-order valence-electron chi connectivity index (χ1n) is 5.87. The van der Waals surface area contributed by atoms with Crippen LogP contribution in [0.1, 0.15) is 0 Å². The summed E-state index contributed by atoms with van der Waals surface area (Å²) in [7, 11) is 0. The van der Waals surface area contributed by atoms with Crippen molar-refractivity contribution < 1.29 is 8.78 Å². The number of aromatic nitrogens is 3. The predicted octanol–water partition coefficient (Wildman–Crippen LogP) is 3.00. The van der Waals surface area contributed by atoms with Crippen molar-refractivity contribution in [2.24, 2.45) is 0 Å². The zero-order valence-corrected chi connectivity index (χ0v) is 10.3. The maximum Gasteiger partial charge on any atom is 0.153 e. The second kappa shape index (κ2) is 4.73. The molecule has 0 amide bonds. The van der Waals surface area contributed by atoms with Crippen LogP contribution >= 0.6 is 0 Å². The van der Waals surface area contributed by atoms with Crippen molar-refractivity contribution >= 4 is 5.82 Å². The fraction of sp³-hybridized carbons (Fsp3) is 0. The highest BCUT2D eigenvalue weighted by molar-refractivity contribution is 5.86. The molecule has 3 aromatic rings.